The number of nitrogens with zero attached hydrogens (tertiary/aromatic N) is 1. The summed E-state index contributed by atoms with van der Waals surface area (Å²) >= 11 is 0. The third-order valence-electron chi connectivity index (χ3n) is 4.79. The highest BCUT2D eigenvalue weighted by atomic mass is 16.2. The van der Waals surface area contributed by atoms with Crippen LogP contribution in [0.5, 0.6) is 0 Å². The largest absolute Gasteiger partial charge is 0.350 e. The highest BCUT2D eigenvalue weighted by Crippen LogP contribution is 2.31. The molecular weight excluding hydrogens is 342 g/mol. The smallest absolute Gasteiger partial charge is 0.255 e. The van der Waals surface area contributed by atoms with E-state index >= 15 is 0 Å². The first-order valence-electron chi connectivity index (χ1n) is 8.98. The van der Waals surface area contributed by atoms with E-state index in [-0.39, 0.29) is 17.9 Å². The molecule has 0 radical (unpaired) electrons. The quantitative estimate of drug-likeness (QED) is 0.538. The number of amides is 2. The van der Waals surface area contributed by atoms with Gasteiger partial charge in [-0.25, -0.2) is 4.98 Å². The molecule has 7 nitrogen and oxygen atoms in total. The minimum atomic E-state index is -0.250. The van der Waals surface area contributed by atoms with Gasteiger partial charge in [0.15, 0.2) is 0 Å². The molecule has 0 saturated heterocycles. The molecule has 3 aromatic rings. The Labute approximate surface area is 156 Å². The Hall–Kier alpha value is -3.19. The SMILES string of the molecule is NC(CNC(=O)c1cccc(NC(=O)c2ccc3nc[nH]c3c2)c1)C1CC1. The van der Waals surface area contributed by atoms with E-state index in [0.29, 0.717) is 29.3 Å². The van der Waals surface area contributed by atoms with Crippen LogP contribution in [0.3, 0.4) is 0 Å². The van der Waals surface area contributed by atoms with Gasteiger partial charge in [-0.1, -0.05) is 6.07 Å². The van der Waals surface area contributed by atoms with Gasteiger partial charge in [0.05, 0.1) is 17.4 Å². The molecule has 1 unspecified atom stereocenters. The van der Waals surface area contributed by atoms with E-state index in [1.54, 1.807) is 48.8 Å². The molecule has 1 aliphatic rings. The maximum absolute atomic E-state index is 12.5. The van der Waals surface area contributed by atoms with E-state index in [2.05, 4.69) is 20.6 Å². The van der Waals surface area contributed by atoms with Crippen LogP contribution in [0.2, 0.25) is 0 Å². The van der Waals surface area contributed by atoms with Crippen LogP contribution in [0.1, 0.15) is 33.6 Å². The summed E-state index contributed by atoms with van der Waals surface area (Å²) in [5.41, 5.74) is 9.17. The lowest BCUT2D eigenvalue weighted by molar-refractivity contribution is 0.0949. The standard InChI is InChI=1S/C20H21N5O2/c21-16(12-4-5-12)10-22-19(26)13-2-1-3-15(8-13)25-20(27)14-6-7-17-18(9-14)24-11-23-17/h1-3,6-9,11-12,16H,4-5,10,21H2,(H,22,26)(H,23,24)(H,25,27). The number of fused-ring (bicyclic) bond motifs is 1. The number of imidazole rings is 1. The summed E-state index contributed by atoms with van der Waals surface area (Å²) in [6, 6.07) is 12.1. The van der Waals surface area contributed by atoms with Gasteiger partial charge < -0.3 is 21.4 Å². The first kappa shape index (κ1) is 17.2. The van der Waals surface area contributed by atoms with Gasteiger partial charge in [0.2, 0.25) is 0 Å². The molecule has 1 aliphatic carbocycles. The fourth-order valence-corrected chi connectivity index (χ4v) is 3.02. The molecule has 1 heterocycles. The van der Waals surface area contributed by atoms with Crippen molar-refractivity contribution < 1.29 is 9.59 Å². The molecule has 1 atom stereocenters. The van der Waals surface area contributed by atoms with E-state index in [9.17, 15) is 9.59 Å². The zero-order valence-corrected chi connectivity index (χ0v) is 14.7. The number of nitrogens with two attached hydrogens (primary N) is 1. The zero-order chi connectivity index (χ0) is 18.8. The highest BCUT2D eigenvalue weighted by Gasteiger charge is 2.28. The van der Waals surface area contributed by atoms with Gasteiger partial charge in [0.25, 0.3) is 11.8 Å². The average molecular weight is 363 g/mol. The van der Waals surface area contributed by atoms with Gasteiger partial charge in [0, 0.05) is 29.4 Å². The van der Waals surface area contributed by atoms with Crippen molar-refractivity contribution in [3.63, 3.8) is 0 Å². The molecule has 2 aromatic carbocycles. The minimum absolute atomic E-state index is 0.00855. The summed E-state index contributed by atoms with van der Waals surface area (Å²) in [5.74, 6) is 0.0871. The Bertz CT molecular complexity index is 993. The Morgan fingerprint density at radius 1 is 1.15 bits per heavy atom. The topological polar surface area (TPSA) is 113 Å². The van der Waals surface area contributed by atoms with Crippen molar-refractivity contribution in [2.75, 3.05) is 11.9 Å². The second kappa shape index (κ2) is 7.20. The number of rotatable bonds is 6. The number of benzene rings is 2. The van der Waals surface area contributed by atoms with Crippen LogP contribution < -0.4 is 16.4 Å². The summed E-state index contributed by atoms with van der Waals surface area (Å²) < 4.78 is 0. The average Bonchev–Trinajstić information content (AvgIpc) is 3.43. The van der Waals surface area contributed by atoms with Gasteiger partial charge in [-0.3, -0.25) is 9.59 Å². The molecule has 7 heteroatoms. The Morgan fingerprint density at radius 2 is 1.96 bits per heavy atom. The second-order valence-corrected chi connectivity index (χ2v) is 6.88. The van der Waals surface area contributed by atoms with Gasteiger partial charge in [-0.15, -0.1) is 0 Å². The Balaban J connectivity index is 1.41. The summed E-state index contributed by atoms with van der Waals surface area (Å²) in [7, 11) is 0. The van der Waals surface area contributed by atoms with E-state index in [0.717, 1.165) is 23.9 Å². The van der Waals surface area contributed by atoms with Crippen LogP contribution in [0.25, 0.3) is 11.0 Å². The summed E-state index contributed by atoms with van der Waals surface area (Å²) in [4.78, 5) is 31.9. The van der Waals surface area contributed by atoms with Crippen LogP contribution in [-0.2, 0) is 0 Å². The lowest BCUT2D eigenvalue weighted by Crippen LogP contribution is -2.38. The van der Waals surface area contributed by atoms with Gasteiger partial charge in [-0.2, -0.15) is 0 Å². The monoisotopic (exact) mass is 363 g/mol. The number of aromatic nitrogens is 2. The fourth-order valence-electron chi connectivity index (χ4n) is 3.02. The van der Waals surface area contributed by atoms with Gasteiger partial charge >= 0.3 is 0 Å². The first-order valence-corrected chi connectivity index (χ1v) is 8.98. The molecule has 27 heavy (non-hydrogen) atoms. The Morgan fingerprint density at radius 3 is 2.78 bits per heavy atom. The summed E-state index contributed by atoms with van der Waals surface area (Å²) in [6.45, 7) is 0.463. The number of hydrogen-bond donors (Lipinski definition) is 4. The number of carbonyl (C=O) groups is 2. The van der Waals surface area contributed by atoms with Crippen molar-refractivity contribution in [3.8, 4) is 0 Å². The first-order chi connectivity index (χ1) is 13.1. The lowest BCUT2D eigenvalue weighted by atomic mass is 10.1. The number of anilines is 1. The maximum Gasteiger partial charge on any atom is 0.255 e. The molecule has 0 bridgehead atoms. The second-order valence-electron chi connectivity index (χ2n) is 6.88. The van der Waals surface area contributed by atoms with Crippen molar-refractivity contribution >= 4 is 28.5 Å². The third kappa shape index (κ3) is 3.98. The van der Waals surface area contributed by atoms with E-state index in [1.165, 1.54) is 0 Å². The molecule has 1 saturated carbocycles. The molecule has 1 aromatic heterocycles. The van der Waals surface area contributed by atoms with Crippen molar-refractivity contribution in [2.24, 2.45) is 11.7 Å². The molecule has 5 N–H and O–H groups in total. The predicted octanol–water partition coefficient (Wildman–Crippen LogP) is 2.28. The molecule has 2 amide bonds. The third-order valence-corrected chi connectivity index (χ3v) is 4.79. The number of H-pyrrole nitrogens is 1. The molecule has 1 fully saturated rings. The van der Waals surface area contributed by atoms with Crippen LogP contribution in [-0.4, -0.2) is 34.4 Å². The van der Waals surface area contributed by atoms with E-state index < -0.39 is 0 Å². The van der Waals surface area contributed by atoms with Crippen LogP contribution in [0, 0.1) is 5.92 Å². The molecule has 4 rings (SSSR count). The minimum Gasteiger partial charge on any atom is -0.350 e. The number of carbonyl (C=O) groups excluding carboxylic acids is 2. The maximum atomic E-state index is 12.5. The summed E-state index contributed by atoms with van der Waals surface area (Å²) in [6.07, 6.45) is 3.87. The van der Waals surface area contributed by atoms with Crippen molar-refractivity contribution in [2.45, 2.75) is 18.9 Å². The molecule has 0 aliphatic heterocycles. The van der Waals surface area contributed by atoms with Crippen LogP contribution in [0.15, 0.2) is 48.8 Å². The molecular formula is C20H21N5O2. The lowest BCUT2D eigenvalue weighted by Gasteiger charge is -2.12. The number of aromatic amines is 1. The fraction of sp³-hybridized carbons (Fsp3) is 0.250. The van der Waals surface area contributed by atoms with Crippen molar-refractivity contribution in [1.29, 1.82) is 0 Å². The van der Waals surface area contributed by atoms with Crippen LogP contribution in [0.4, 0.5) is 5.69 Å². The number of hydrogen-bond acceptors (Lipinski definition) is 4. The van der Waals surface area contributed by atoms with Crippen molar-refractivity contribution in [3.05, 3.63) is 59.9 Å². The number of nitrogens with one attached hydrogen (secondary N) is 3. The van der Waals surface area contributed by atoms with Gasteiger partial charge in [0.1, 0.15) is 0 Å². The highest BCUT2D eigenvalue weighted by molar-refractivity contribution is 6.06. The normalized spacial score (nSPS) is 14.7. The van der Waals surface area contributed by atoms with Crippen LogP contribution >= 0.6 is 0 Å². The van der Waals surface area contributed by atoms with Crippen molar-refractivity contribution in [1.82, 2.24) is 15.3 Å². The molecule has 0 spiro atoms. The Kier molecular flexibility index (Phi) is 4.60. The van der Waals surface area contributed by atoms with E-state index in [4.69, 9.17) is 5.73 Å². The van der Waals surface area contributed by atoms with Gasteiger partial charge in [-0.05, 0) is 55.2 Å². The summed E-state index contributed by atoms with van der Waals surface area (Å²) in [5, 5.41) is 5.69. The molecule has 138 valence electrons. The van der Waals surface area contributed by atoms with E-state index in [1.807, 2.05) is 0 Å². The zero-order valence-electron chi connectivity index (χ0n) is 14.7. The predicted molar refractivity (Wildman–Crippen MR) is 104 cm³/mol.